The van der Waals surface area contributed by atoms with E-state index in [-0.39, 0.29) is 0 Å². The molecule has 0 radical (unpaired) electrons. The smallest absolute Gasteiger partial charge is 0.486 e. The van der Waals surface area contributed by atoms with Gasteiger partial charge in [-0.3, -0.25) is 0 Å². The molecule has 0 saturated heterocycles. The fourth-order valence-corrected chi connectivity index (χ4v) is 6.51. The molecule has 0 fully saturated rings. The molecule has 1 aliphatic heterocycles. The fraction of sp³-hybridized carbons (Fsp3) is 0.0556. The summed E-state index contributed by atoms with van der Waals surface area (Å²) < 4.78 is 11.0. The molecule has 0 unspecified atom stereocenters. The molecule has 8 heteroatoms. The predicted molar refractivity (Wildman–Crippen MR) is 178 cm³/mol. The van der Waals surface area contributed by atoms with Crippen LogP contribution in [-0.4, -0.2) is 36.0 Å². The third-order valence-electron chi connectivity index (χ3n) is 8.58. The highest BCUT2D eigenvalue weighted by Gasteiger charge is 2.26. The average molecular weight is 568 g/mol. The Hall–Kier alpha value is -5.76. The monoisotopic (exact) mass is 568 g/mol. The largest absolute Gasteiger partial charge is 0.541 e. The molecule has 0 amide bonds. The van der Waals surface area contributed by atoms with Crippen molar-refractivity contribution in [1.82, 2.24) is 29.0 Å². The summed E-state index contributed by atoms with van der Waals surface area (Å²) in [6.07, 6.45) is 0. The molecule has 9 rings (SSSR count). The van der Waals surface area contributed by atoms with E-state index in [0.717, 1.165) is 71.8 Å². The quantitative estimate of drug-likeness (QED) is 0.202. The molecule has 0 atom stereocenters. The van der Waals surface area contributed by atoms with Crippen molar-refractivity contribution in [3.05, 3.63) is 115 Å². The van der Waals surface area contributed by atoms with Crippen LogP contribution in [0.5, 0.6) is 5.75 Å². The molecule has 0 N–H and O–H groups in total. The first-order valence-corrected chi connectivity index (χ1v) is 14.7. The van der Waals surface area contributed by atoms with Crippen molar-refractivity contribution >= 4 is 62.0 Å². The molecule has 44 heavy (non-hydrogen) atoms. The Labute approximate surface area is 252 Å². The van der Waals surface area contributed by atoms with E-state index in [1.807, 2.05) is 67.7 Å². The molecule has 5 aromatic carbocycles. The van der Waals surface area contributed by atoms with Gasteiger partial charge >= 0.3 is 7.05 Å². The first kappa shape index (κ1) is 24.8. The summed E-state index contributed by atoms with van der Waals surface area (Å²) in [4.78, 5) is 20.9. The number of benzene rings is 5. The van der Waals surface area contributed by atoms with Crippen molar-refractivity contribution in [2.24, 2.45) is 7.05 Å². The molecule has 0 saturated carbocycles. The van der Waals surface area contributed by atoms with E-state index in [1.54, 1.807) is 0 Å². The molecule has 6 bridgehead atoms. The Morgan fingerprint density at radius 1 is 0.500 bits per heavy atom. The Bertz CT molecular complexity index is 2530. The van der Waals surface area contributed by atoms with Crippen molar-refractivity contribution in [2.75, 3.05) is 0 Å². The minimum absolute atomic E-state index is 0.454. The maximum atomic E-state index is 6.80. The zero-order chi connectivity index (χ0) is 29.4. The van der Waals surface area contributed by atoms with E-state index in [1.165, 1.54) is 0 Å². The minimum atomic E-state index is -0.454. The number of hydrogen-bond donors (Lipinski definition) is 0. The average Bonchev–Trinajstić information content (AvgIpc) is 3.66. The first-order chi connectivity index (χ1) is 21.7. The molecule has 0 spiro atoms. The van der Waals surface area contributed by atoms with Gasteiger partial charge in [0.1, 0.15) is 28.3 Å². The van der Waals surface area contributed by atoms with Gasteiger partial charge in [0.05, 0.1) is 0 Å². The maximum Gasteiger partial charge on any atom is 0.486 e. The lowest BCUT2D eigenvalue weighted by Gasteiger charge is -2.16. The molecule has 0 aliphatic carbocycles. The summed E-state index contributed by atoms with van der Waals surface area (Å²) in [6, 6.07) is 39.1. The third kappa shape index (κ3) is 3.57. The lowest BCUT2D eigenvalue weighted by Crippen LogP contribution is -2.28. The highest BCUT2D eigenvalue weighted by Crippen LogP contribution is 2.36. The van der Waals surface area contributed by atoms with Gasteiger partial charge in [-0.15, -0.1) is 0 Å². The third-order valence-corrected chi connectivity index (χ3v) is 8.58. The molecule has 4 heterocycles. The van der Waals surface area contributed by atoms with Gasteiger partial charge in [-0.1, -0.05) is 109 Å². The highest BCUT2D eigenvalue weighted by atomic mass is 16.4. The number of aromatic nitrogens is 6. The van der Waals surface area contributed by atoms with Gasteiger partial charge < -0.3 is 13.7 Å². The highest BCUT2D eigenvalue weighted by molar-refractivity contribution is 6.52. The van der Waals surface area contributed by atoms with E-state index in [9.17, 15) is 0 Å². The minimum Gasteiger partial charge on any atom is -0.541 e. The van der Waals surface area contributed by atoms with E-state index in [2.05, 4.69) is 70.5 Å². The molecule has 1 aliphatic rings. The lowest BCUT2D eigenvalue weighted by molar-refractivity contribution is 0.570. The van der Waals surface area contributed by atoms with Crippen LogP contribution in [0, 0.1) is 0 Å². The number of nitrogens with zero attached hydrogens (tertiary/aromatic N) is 6. The summed E-state index contributed by atoms with van der Waals surface area (Å²) in [5.74, 6) is 2.06. The normalized spacial score (nSPS) is 11.9. The topological polar surface area (TPSA) is 70.7 Å². The second-order valence-electron chi connectivity index (χ2n) is 11.1. The summed E-state index contributed by atoms with van der Waals surface area (Å²) in [5, 5.41) is 6.17. The summed E-state index contributed by atoms with van der Waals surface area (Å²) in [5.41, 5.74) is 5.02. The van der Waals surface area contributed by atoms with Crippen molar-refractivity contribution in [2.45, 2.75) is 6.82 Å². The second kappa shape index (κ2) is 9.37. The molecular weight excluding hydrogens is 543 g/mol. The van der Waals surface area contributed by atoms with Gasteiger partial charge in [0, 0.05) is 45.1 Å². The van der Waals surface area contributed by atoms with Crippen LogP contribution in [0.25, 0.3) is 77.7 Å². The van der Waals surface area contributed by atoms with Crippen LogP contribution in [0.4, 0.5) is 0 Å². The predicted octanol–water partition coefficient (Wildman–Crippen LogP) is 7.99. The van der Waals surface area contributed by atoms with E-state index in [0.29, 0.717) is 11.6 Å². The van der Waals surface area contributed by atoms with Crippen LogP contribution in [0.2, 0.25) is 6.82 Å². The second-order valence-corrected chi connectivity index (χ2v) is 11.1. The standard InChI is InChI=1S/C36H25BN6O/c1-37(44-30-21-11-13-22-12-3-4-14-23(22)30)43-35-28-19-9-10-20-29(28)36(43)41-34-27-18-8-7-17-26(27)33(42(34)2)39-31-24-15-5-6-16-25(24)32(38-31)40-35/h3-21H,1-2H3. The Morgan fingerprint density at radius 3 is 1.64 bits per heavy atom. The number of fused-ring (bicyclic) bond motifs is 16. The van der Waals surface area contributed by atoms with Crippen molar-refractivity contribution < 1.29 is 4.65 Å². The summed E-state index contributed by atoms with van der Waals surface area (Å²) in [7, 11) is 1.57. The van der Waals surface area contributed by atoms with Crippen LogP contribution >= 0.6 is 0 Å². The van der Waals surface area contributed by atoms with E-state index < -0.39 is 7.05 Å². The molecular formula is C36H25BN6O. The van der Waals surface area contributed by atoms with E-state index in [4.69, 9.17) is 24.6 Å². The van der Waals surface area contributed by atoms with Crippen molar-refractivity contribution in [3.8, 4) is 28.5 Å². The lowest BCUT2D eigenvalue weighted by atomic mass is 9.86. The van der Waals surface area contributed by atoms with E-state index >= 15 is 0 Å². The molecule has 3 aromatic heterocycles. The SMILES string of the molecule is CB(Oc1cccc2ccccc12)n1c2nc3nc(nc4c5ccccc5c(nc1c1ccccc12)n4C)-c1ccccc1-3. The van der Waals surface area contributed by atoms with Gasteiger partial charge in [0.2, 0.25) is 0 Å². The fourth-order valence-electron chi connectivity index (χ4n) is 6.51. The Balaban J connectivity index is 1.46. The van der Waals surface area contributed by atoms with Gasteiger partial charge in [-0.2, -0.15) is 0 Å². The molecule has 208 valence electrons. The zero-order valence-electron chi connectivity index (χ0n) is 24.1. The Morgan fingerprint density at radius 2 is 0.977 bits per heavy atom. The Kier molecular flexibility index (Phi) is 5.29. The van der Waals surface area contributed by atoms with Gasteiger partial charge in [0.25, 0.3) is 0 Å². The number of hydrogen-bond acceptors (Lipinski definition) is 5. The van der Waals surface area contributed by atoms with Crippen molar-refractivity contribution in [1.29, 1.82) is 0 Å². The number of aryl methyl sites for hydroxylation is 1. The molecule has 7 nitrogen and oxygen atoms in total. The van der Waals surface area contributed by atoms with Crippen LogP contribution in [0.1, 0.15) is 0 Å². The zero-order valence-corrected chi connectivity index (χ0v) is 24.1. The van der Waals surface area contributed by atoms with Crippen molar-refractivity contribution in [3.63, 3.8) is 0 Å². The summed E-state index contributed by atoms with van der Waals surface area (Å²) in [6.45, 7) is 2.05. The van der Waals surface area contributed by atoms with Crippen LogP contribution in [0.3, 0.4) is 0 Å². The molecule has 8 aromatic rings. The maximum absolute atomic E-state index is 6.80. The summed E-state index contributed by atoms with van der Waals surface area (Å²) >= 11 is 0. The van der Waals surface area contributed by atoms with Gasteiger partial charge in [0.15, 0.2) is 11.6 Å². The first-order valence-electron chi connectivity index (χ1n) is 14.7. The van der Waals surface area contributed by atoms with Gasteiger partial charge in [-0.25, -0.2) is 19.9 Å². The van der Waals surface area contributed by atoms with Crippen LogP contribution < -0.4 is 4.65 Å². The van der Waals surface area contributed by atoms with Crippen LogP contribution in [0.15, 0.2) is 115 Å². The van der Waals surface area contributed by atoms with Gasteiger partial charge in [-0.05, 0) is 18.3 Å². The number of rotatable bonds is 3. The van der Waals surface area contributed by atoms with Crippen LogP contribution in [-0.2, 0) is 7.05 Å².